The SMILES string of the molecule is CN(C)c1ccnc(CC(=O)Nc2nnc(O[C@@H]3CCN(c4cccnn4)C3)s2)c1. The number of hydrogen-bond acceptors (Lipinski definition) is 10. The maximum atomic E-state index is 12.3. The number of aromatic nitrogens is 5. The van der Waals surface area contributed by atoms with Crippen molar-refractivity contribution < 1.29 is 9.53 Å². The Morgan fingerprint density at radius 3 is 3.00 bits per heavy atom. The first-order valence-corrected chi connectivity index (χ1v) is 10.3. The first-order valence-electron chi connectivity index (χ1n) is 9.52. The van der Waals surface area contributed by atoms with Crippen LogP contribution in [0.2, 0.25) is 0 Å². The van der Waals surface area contributed by atoms with Gasteiger partial charge in [-0.3, -0.25) is 9.78 Å². The van der Waals surface area contributed by atoms with E-state index in [9.17, 15) is 4.79 Å². The Morgan fingerprint density at radius 2 is 2.20 bits per heavy atom. The number of hydrogen-bond donors (Lipinski definition) is 1. The average molecular weight is 427 g/mol. The van der Waals surface area contributed by atoms with Gasteiger partial charge in [-0.2, -0.15) is 5.10 Å². The van der Waals surface area contributed by atoms with Gasteiger partial charge in [0.25, 0.3) is 5.19 Å². The summed E-state index contributed by atoms with van der Waals surface area (Å²) in [6.45, 7) is 1.54. The molecule has 30 heavy (non-hydrogen) atoms. The van der Waals surface area contributed by atoms with E-state index in [0.29, 0.717) is 22.6 Å². The van der Waals surface area contributed by atoms with E-state index in [1.807, 2.05) is 43.3 Å². The summed E-state index contributed by atoms with van der Waals surface area (Å²) < 4.78 is 5.94. The molecule has 0 bridgehead atoms. The molecule has 1 saturated heterocycles. The molecule has 1 amide bonds. The Labute approximate surface area is 177 Å². The van der Waals surface area contributed by atoms with Crippen molar-refractivity contribution in [2.45, 2.75) is 18.9 Å². The molecule has 1 atom stereocenters. The molecule has 3 aromatic heterocycles. The Bertz CT molecular complexity index is 997. The highest BCUT2D eigenvalue weighted by molar-refractivity contribution is 7.17. The lowest BCUT2D eigenvalue weighted by Gasteiger charge is -2.16. The normalized spacial score (nSPS) is 15.8. The Kier molecular flexibility index (Phi) is 5.98. The van der Waals surface area contributed by atoms with E-state index >= 15 is 0 Å². The lowest BCUT2D eigenvalue weighted by molar-refractivity contribution is -0.115. The molecule has 0 radical (unpaired) electrons. The standard InChI is InChI=1S/C19H22N8O2S/c1-26(2)14-5-8-20-13(10-14)11-17(28)22-18-24-25-19(30-18)29-15-6-9-27(12-15)16-4-3-7-21-23-16/h3-5,7-8,10,15H,6,9,11-12H2,1-2H3,(H,22,24,28)/t15-/m1/s1. The molecule has 1 aliphatic heterocycles. The number of rotatable bonds is 7. The van der Waals surface area contributed by atoms with Crippen molar-refractivity contribution in [3.63, 3.8) is 0 Å². The van der Waals surface area contributed by atoms with Crippen LogP contribution in [0.1, 0.15) is 12.1 Å². The second-order valence-electron chi connectivity index (χ2n) is 7.05. The third kappa shape index (κ3) is 4.98. The van der Waals surface area contributed by atoms with Gasteiger partial charge in [-0.15, -0.1) is 10.2 Å². The Balaban J connectivity index is 1.29. The van der Waals surface area contributed by atoms with Crippen LogP contribution < -0.4 is 19.9 Å². The second kappa shape index (κ2) is 8.99. The highest BCUT2D eigenvalue weighted by Gasteiger charge is 2.26. The smallest absolute Gasteiger partial charge is 0.296 e. The van der Waals surface area contributed by atoms with E-state index in [1.54, 1.807) is 12.4 Å². The number of amides is 1. The summed E-state index contributed by atoms with van der Waals surface area (Å²) in [4.78, 5) is 20.7. The van der Waals surface area contributed by atoms with Gasteiger partial charge < -0.3 is 19.9 Å². The van der Waals surface area contributed by atoms with Gasteiger partial charge in [-0.05, 0) is 35.6 Å². The predicted octanol–water partition coefficient (Wildman–Crippen LogP) is 1.63. The van der Waals surface area contributed by atoms with Crippen molar-refractivity contribution in [3.05, 3.63) is 42.4 Å². The largest absolute Gasteiger partial charge is 0.464 e. The molecule has 0 aromatic carbocycles. The molecular weight excluding hydrogens is 404 g/mol. The molecule has 1 N–H and O–H groups in total. The molecule has 0 aliphatic carbocycles. The fourth-order valence-corrected chi connectivity index (χ4v) is 3.79. The number of anilines is 3. The monoisotopic (exact) mass is 426 g/mol. The summed E-state index contributed by atoms with van der Waals surface area (Å²) in [6, 6.07) is 7.57. The maximum Gasteiger partial charge on any atom is 0.296 e. The zero-order valence-corrected chi connectivity index (χ0v) is 17.5. The van der Waals surface area contributed by atoms with Crippen LogP contribution in [0.3, 0.4) is 0 Å². The first-order chi connectivity index (χ1) is 14.6. The highest BCUT2D eigenvalue weighted by Crippen LogP contribution is 2.26. The van der Waals surface area contributed by atoms with Crippen molar-refractivity contribution in [2.75, 3.05) is 42.3 Å². The zero-order valence-electron chi connectivity index (χ0n) is 16.7. The molecule has 0 unspecified atom stereocenters. The van der Waals surface area contributed by atoms with Crippen LogP contribution >= 0.6 is 11.3 Å². The van der Waals surface area contributed by atoms with Crippen molar-refractivity contribution in [1.29, 1.82) is 0 Å². The van der Waals surface area contributed by atoms with Crippen molar-refractivity contribution in [1.82, 2.24) is 25.4 Å². The molecule has 1 fully saturated rings. The van der Waals surface area contributed by atoms with E-state index in [2.05, 4.69) is 35.6 Å². The Morgan fingerprint density at radius 1 is 1.30 bits per heavy atom. The van der Waals surface area contributed by atoms with E-state index in [0.717, 1.165) is 24.5 Å². The first kappa shape index (κ1) is 20.0. The third-order valence-electron chi connectivity index (χ3n) is 4.61. The summed E-state index contributed by atoms with van der Waals surface area (Å²) in [5, 5.41) is 19.7. The summed E-state index contributed by atoms with van der Waals surface area (Å²) in [6.07, 6.45) is 4.35. The summed E-state index contributed by atoms with van der Waals surface area (Å²) >= 11 is 1.21. The number of carbonyl (C=O) groups excluding carboxylic acids is 1. The predicted molar refractivity (Wildman–Crippen MR) is 114 cm³/mol. The van der Waals surface area contributed by atoms with Gasteiger partial charge in [0.15, 0.2) is 5.82 Å². The molecule has 156 valence electrons. The number of ether oxygens (including phenoxy) is 1. The van der Waals surface area contributed by atoms with Gasteiger partial charge in [-0.25, -0.2) is 0 Å². The zero-order chi connectivity index (χ0) is 20.9. The minimum atomic E-state index is -0.198. The lowest BCUT2D eigenvalue weighted by Crippen LogP contribution is -2.25. The molecule has 0 spiro atoms. The summed E-state index contributed by atoms with van der Waals surface area (Å²) in [7, 11) is 3.89. The van der Waals surface area contributed by atoms with Crippen molar-refractivity contribution in [3.8, 4) is 5.19 Å². The maximum absolute atomic E-state index is 12.3. The van der Waals surface area contributed by atoms with Crippen LogP contribution in [0.15, 0.2) is 36.7 Å². The Hall–Kier alpha value is -3.34. The highest BCUT2D eigenvalue weighted by atomic mass is 32.1. The second-order valence-corrected chi connectivity index (χ2v) is 7.99. The number of carbonyl (C=O) groups is 1. The molecule has 0 saturated carbocycles. The van der Waals surface area contributed by atoms with Gasteiger partial charge in [0.2, 0.25) is 11.0 Å². The van der Waals surface area contributed by atoms with E-state index < -0.39 is 0 Å². The van der Waals surface area contributed by atoms with E-state index in [1.165, 1.54) is 11.3 Å². The fraction of sp³-hybridized carbons (Fsp3) is 0.368. The van der Waals surface area contributed by atoms with Crippen molar-refractivity contribution in [2.24, 2.45) is 0 Å². The fourth-order valence-electron chi connectivity index (χ4n) is 3.11. The van der Waals surface area contributed by atoms with Crippen LogP contribution in [0.25, 0.3) is 0 Å². The van der Waals surface area contributed by atoms with Gasteiger partial charge in [-0.1, -0.05) is 5.10 Å². The van der Waals surface area contributed by atoms with Gasteiger partial charge in [0, 0.05) is 45.1 Å². The molecule has 10 nitrogen and oxygen atoms in total. The number of nitrogens with zero attached hydrogens (tertiary/aromatic N) is 7. The third-order valence-corrected chi connectivity index (χ3v) is 5.34. The lowest BCUT2D eigenvalue weighted by atomic mass is 10.2. The van der Waals surface area contributed by atoms with Gasteiger partial charge >= 0.3 is 0 Å². The van der Waals surface area contributed by atoms with Crippen LogP contribution in [0, 0.1) is 0 Å². The quantitative estimate of drug-likeness (QED) is 0.603. The molecule has 1 aliphatic rings. The molecule has 4 rings (SSSR count). The van der Waals surface area contributed by atoms with E-state index in [4.69, 9.17) is 4.74 Å². The molecular formula is C19H22N8O2S. The van der Waals surface area contributed by atoms with Gasteiger partial charge in [0.05, 0.1) is 18.7 Å². The van der Waals surface area contributed by atoms with Crippen LogP contribution in [0.4, 0.5) is 16.6 Å². The molecule has 4 heterocycles. The minimum Gasteiger partial charge on any atom is -0.464 e. The minimum absolute atomic E-state index is 0.0125. The number of pyridine rings is 1. The van der Waals surface area contributed by atoms with Crippen LogP contribution in [-0.4, -0.2) is 64.6 Å². The molecule has 3 aromatic rings. The van der Waals surface area contributed by atoms with Gasteiger partial charge in [0.1, 0.15) is 6.10 Å². The van der Waals surface area contributed by atoms with Crippen LogP contribution in [0.5, 0.6) is 5.19 Å². The molecule has 11 heteroatoms. The van der Waals surface area contributed by atoms with E-state index in [-0.39, 0.29) is 18.4 Å². The number of nitrogens with one attached hydrogen (secondary N) is 1. The van der Waals surface area contributed by atoms with Crippen LogP contribution in [-0.2, 0) is 11.2 Å². The topological polar surface area (TPSA) is 109 Å². The summed E-state index contributed by atoms with van der Waals surface area (Å²) in [5.41, 5.74) is 1.68. The average Bonchev–Trinajstić information content (AvgIpc) is 3.38. The summed E-state index contributed by atoms with van der Waals surface area (Å²) in [5.74, 6) is 0.636. The van der Waals surface area contributed by atoms with Crippen molar-refractivity contribution >= 4 is 33.9 Å².